The molecule has 1 amide bonds. The Morgan fingerprint density at radius 2 is 1.80 bits per heavy atom. The number of nitrogens with one attached hydrogen (secondary N) is 2. The van der Waals surface area contributed by atoms with Crippen LogP contribution in [-0.4, -0.2) is 25.1 Å². The van der Waals surface area contributed by atoms with E-state index in [9.17, 15) is 14.0 Å². The molecule has 0 aliphatic heterocycles. The Bertz CT molecular complexity index is 1250. The highest BCUT2D eigenvalue weighted by Crippen LogP contribution is 2.14. The van der Waals surface area contributed by atoms with Crippen LogP contribution in [0.5, 0.6) is 0 Å². The van der Waals surface area contributed by atoms with Gasteiger partial charge in [0.05, 0.1) is 0 Å². The topological polar surface area (TPSA) is 93.3 Å². The van der Waals surface area contributed by atoms with Crippen molar-refractivity contribution in [3.63, 3.8) is 0 Å². The lowest BCUT2D eigenvalue weighted by Gasteiger charge is -2.05. The second-order valence-corrected chi connectivity index (χ2v) is 6.82. The van der Waals surface area contributed by atoms with Crippen LogP contribution in [-0.2, 0) is 17.9 Å². The van der Waals surface area contributed by atoms with Crippen molar-refractivity contribution in [2.24, 2.45) is 0 Å². The normalized spacial score (nSPS) is 10.9. The van der Waals surface area contributed by atoms with Crippen molar-refractivity contribution in [1.82, 2.24) is 24.5 Å². The number of carbonyl (C=O) groups is 1. The van der Waals surface area contributed by atoms with E-state index in [4.69, 9.17) is 0 Å². The molecule has 4 aromatic rings. The number of hydrogen-bond donors (Lipinski definition) is 2. The standard InChI is InChI=1S/C21H19FN6O2/c1-14-2-4-15(5-3-14)12-23-19(29)13-28-21(30)27-11-10-18(25-20(27)26-28)24-17-8-6-16(22)7-9-17/h2-11H,12-13H2,1H3,(H,23,29)(H,24,25,26). The van der Waals surface area contributed by atoms with Gasteiger partial charge in [-0.25, -0.2) is 18.3 Å². The number of aromatic nitrogens is 4. The van der Waals surface area contributed by atoms with Crippen molar-refractivity contribution in [2.75, 3.05) is 5.32 Å². The van der Waals surface area contributed by atoms with Gasteiger partial charge in [0.25, 0.3) is 5.78 Å². The fourth-order valence-corrected chi connectivity index (χ4v) is 2.86. The van der Waals surface area contributed by atoms with Gasteiger partial charge in [0.15, 0.2) is 0 Å². The van der Waals surface area contributed by atoms with Crippen molar-refractivity contribution < 1.29 is 9.18 Å². The molecule has 9 heteroatoms. The Kier molecular flexibility index (Phi) is 5.25. The zero-order valence-electron chi connectivity index (χ0n) is 16.2. The van der Waals surface area contributed by atoms with Crippen molar-refractivity contribution in [3.05, 3.63) is 88.2 Å². The van der Waals surface area contributed by atoms with Gasteiger partial charge in [0.1, 0.15) is 18.2 Å². The van der Waals surface area contributed by atoms with Crippen LogP contribution >= 0.6 is 0 Å². The lowest BCUT2D eigenvalue weighted by Crippen LogP contribution is -2.32. The fraction of sp³-hybridized carbons (Fsp3) is 0.143. The monoisotopic (exact) mass is 406 g/mol. The average Bonchev–Trinajstić information content (AvgIpc) is 3.04. The summed E-state index contributed by atoms with van der Waals surface area (Å²) in [5.74, 6) is -0.0748. The molecule has 2 aromatic heterocycles. The Balaban J connectivity index is 1.45. The first-order valence-electron chi connectivity index (χ1n) is 9.29. The molecular formula is C21H19FN6O2. The first kappa shape index (κ1) is 19.3. The van der Waals surface area contributed by atoms with Crippen LogP contribution in [0.2, 0.25) is 0 Å². The quantitative estimate of drug-likeness (QED) is 0.513. The third-order valence-electron chi connectivity index (χ3n) is 4.47. The highest BCUT2D eigenvalue weighted by molar-refractivity contribution is 5.75. The molecule has 0 aliphatic carbocycles. The molecule has 0 fully saturated rings. The number of anilines is 2. The summed E-state index contributed by atoms with van der Waals surface area (Å²) in [4.78, 5) is 29.0. The Labute approximate surface area is 171 Å². The second-order valence-electron chi connectivity index (χ2n) is 6.82. The first-order valence-corrected chi connectivity index (χ1v) is 9.29. The summed E-state index contributed by atoms with van der Waals surface area (Å²) in [6.45, 7) is 2.15. The molecule has 152 valence electrons. The van der Waals surface area contributed by atoms with Crippen molar-refractivity contribution in [2.45, 2.75) is 20.0 Å². The van der Waals surface area contributed by atoms with Crippen LogP contribution in [0.4, 0.5) is 15.9 Å². The number of rotatable bonds is 6. The number of nitrogens with zero attached hydrogens (tertiary/aromatic N) is 4. The van der Waals surface area contributed by atoms with E-state index in [1.807, 2.05) is 31.2 Å². The molecule has 8 nitrogen and oxygen atoms in total. The molecule has 0 bridgehead atoms. The third kappa shape index (κ3) is 4.35. The lowest BCUT2D eigenvalue weighted by atomic mass is 10.1. The van der Waals surface area contributed by atoms with E-state index in [2.05, 4.69) is 20.7 Å². The first-order chi connectivity index (χ1) is 14.5. The lowest BCUT2D eigenvalue weighted by molar-refractivity contribution is -0.122. The third-order valence-corrected chi connectivity index (χ3v) is 4.47. The fourth-order valence-electron chi connectivity index (χ4n) is 2.86. The zero-order chi connectivity index (χ0) is 21.1. The van der Waals surface area contributed by atoms with Crippen molar-refractivity contribution in [1.29, 1.82) is 0 Å². The summed E-state index contributed by atoms with van der Waals surface area (Å²) in [5.41, 5.74) is 2.29. The predicted molar refractivity (Wildman–Crippen MR) is 110 cm³/mol. The van der Waals surface area contributed by atoms with Gasteiger partial charge in [0.2, 0.25) is 5.91 Å². The maximum Gasteiger partial charge on any atom is 0.352 e. The summed E-state index contributed by atoms with van der Waals surface area (Å²) in [6, 6.07) is 15.2. The molecule has 0 saturated carbocycles. The number of carbonyl (C=O) groups excluding carboxylic acids is 1. The van der Waals surface area contributed by atoms with Gasteiger partial charge < -0.3 is 10.6 Å². The van der Waals surface area contributed by atoms with Gasteiger partial charge in [-0.15, -0.1) is 5.10 Å². The van der Waals surface area contributed by atoms with Gasteiger partial charge >= 0.3 is 5.69 Å². The molecule has 2 N–H and O–H groups in total. The van der Waals surface area contributed by atoms with E-state index in [1.165, 1.54) is 22.7 Å². The minimum Gasteiger partial charge on any atom is -0.350 e. The van der Waals surface area contributed by atoms with Gasteiger partial charge in [-0.1, -0.05) is 29.8 Å². The molecule has 0 radical (unpaired) electrons. The largest absolute Gasteiger partial charge is 0.352 e. The average molecular weight is 406 g/mol. The Morgan fingerprint density at radius 3 is 2.53 bits per heavy atom. The molecule has 2 heterocycles. The van der Waals surface area contributed by atoms with E-state index in [0.717, 1.165) is 15.8 Å². The summed E-state index contributed by atoms with van der Waals surface area (Å²) in [6.07, 6.45) is 1.52. The summed E-state index contributed by atoms with van der Waals surface area (Å²) in [7, 11) is 0. The van der Waals surface area contributed by atoms with Gasteiger partial charge in [-0.3, -0.25) is 4.79 Å². The molecule has 30 heavy (non-hydrogen) atoms. The van der Waals surface area contributed by atoms with Gasteiger partial charge in [0, 0.05) is 18.4 Å². The predicted octanol–water partition coefficient (Wildman–Crippen LogP) is 2.40. The molecule has 0 saturated heterocycles. The Morgan fingerprint density at radius 1 is 1.07 bits per heavy atom. The number of hydrogen-bond acceptors (Lipinski definition) is 5. The molecule has 4 rings (SSSR count). The summed E-state index contributed by atoms with van der Waals surface area (Å²) < 4.78 is 15.3. The van der Waals surface area contributed by atoms with Crippen LogP contribution in [0.1, 0.15) is 11.1 Å². The molecule has 0 aliphatic rings. The van der Waals surface area contributed by atoms with Crippen molar-refractivity contribution >= 4 is 23.2 Å². The van der Waals surface area contributed by atoms with E-state index in [-0.39, 0.29) is 24.0 Å². The minimum atomic E-state index is -0.462. The molecule has 0 unspecified atom stereocenters. The maximum atomic E-state index is 13.0. The minimum absolute atomic E-state index is 0.151. The number of fused-ring (bicyclic) bond motifs is 1. The Hall–Kier alpha value is -4.01. The van der Waals surface area contributed by atoms with Crippen LogP contribution < -0.4 is 16.3 Å². The number of amides is 1. The van der Waals surface area contributed by atoms with Crippen molar-refractivity contribution in [3.8, 4) is 0 Å². The van der Waals surface area contributed by atoms with Crippen LogP contribution in [0.3, 0.4) is 0 Å². The highest BCUT2D eigenvalue weighted by Gasteiger charge is 2.12. The van der Waals surface area contributed by atoms with E-state index in [0.29, 0.717) is 18.1 Å². The SMILES string of the molecule is Cc1ccc(CNC(=O)Cn2nc3nc(Nc4ccc(F)cc4)ccn3c2=O)cc1. The van der Waals surface area contributed by atoms with E-state index in [1.54, 1.807) is 18.2 Å². The molecule has 0 atom stereocenters. The van der Waals surface area contributed by atoms with Crippen LogP contribution in [0, 0.1) is 12.7 Å². The highest BCUT2D eigenvalue weighted by atomic mass is 19.1. The number of benzene rings is 2. The number of halogens is 1. The van der Waals surface area contributed by atoms with Gasteiger partial charge in [-0.05, 0) is 42.8 Å². The number of aryl methyl sites for hydroxylation is 1. The summed E-state index contributed by atoms with van der Waals surface area (Å²) in [5, 5.41) is 9.92. The van der Waals surface area contributed by atoms with Gasteiger partial charge in [-0.2, -0.15) is 4.98 Å². The molecular weight excluding hydrogens is 387 g/mol. The maximum absolute atomic E-state index is 13.0. The van der Waals surface area contributed by atoms with E-state index >= 15 is 0 Å². The van der Waals surface area contributed by atoms with Crippen LogP contribution in [0.25, 0.3) is 5.78 Å². The smallest absolute Gasteiger partial charge is 0.350 e. The second kappa shape index (κ2) is 8.16. The summed E-state index contributed by atoms with van der Waals surface area (Å²) >= 11 is 0. The zero-order valence-corrected chi connectivity index (χ0v) is 16.2. The van der Waals surface area contributed by atoms with E-state index < -0.39 is 5.69 Å². The molecule has 2 aromatic carbocycles. The molecule has 0 spiro atoms. The van der Waals surface area contributed by atoms with Crippen LogP contribution in [0.15, 0.2) is 65.6 Å².